The lowest BCUT2D eigenvalue weighted by atomic mass is 10.1. The fraction of sp³-hybridized carbons (Fsp3) is 0.188. The molecule has 2 aromatic rings. The highest BCUT2D eigenvalue weighted by atomic mass is 16.2. The summed E-state index contributed by atoms with van der Waals surface area (Å²) >= 11 is 0. The van der Waals surface area contributed by atoms with Crippen LogP contribution in [-0.2, 0) is 4.79 Å². The van der Waals surface area contributed by atoms with E-state index in [0.717, 1.165) is 16.9 Å². The lowest BCUT2D eigenvalue weighted by Gasteiger charge is -2.14. The van der Waals surface area contributed by atoms with E-state index in [1.165, 1.54) is 11.1 Å². The average molecular weight is 252 g/mol. The van der Waals surface area contributed by atoms with Gasteiger partial charge in [0.2, 0.25) is 0 Å². The molecule has 0 bridgehead atoms. The van der Waals surface area contributed by atoms with Gasteiger partial charge in [0.05, 0.1) is 0 Å². The van der Waals surface area contributed by atoms with Crippen LogP contribution in [-0.4, -0.2) is 5.91 Å². The summed E-state index contributed by atoms with van der Waals surface area (Å²) in [7, 11) is 0. The van der Waals surface area contributed by atoms with Gasteiger partial charge in [-0.1, -0.05) is 24.3 Å². The smallest absolute Gasteiger partial charge is 0.251 e. The predicted molar refractivity (Wildman–Crippen MR) is 77.4 cm³/mol. The van der Waals surface area contributed by atoms with Gasteiger partial charge in [-0.05, 0) is 43.2 Å². The van der Waals surface area contributed by atoms with Gasteiger partial charge in [-0.15, -0.1) is 0 Å². The molecule has 1 amide bonds. The number of amides is 1. The van der Waals surface area contributed by atoms with Gasteiger partial charge in [-0.25, -0.2) is 0 Å². The highest BCUT2D eigenvalue weighted by molar-refractivity contribution is 6.04. The standard InChI is InChI=1S/C16H16N2O/c1-10-7-11(2)9-12(8-10)17-15-13-5-3-4-6-14(13)18-16(15)19/h3-9,15,17H,1-2H3,(H,18,19). The lowest BCUT2D eigenvalue weighted by molar-refractivity contribution is -0.116. The molecule has 1 unspecified atom stereocenters. The van der Waals surface area contributed by atoms with Crippen molar-refractivity contribution in [3.63, 3.8) is 0 Å². The molecular weight excluding hydrogens is 236 g/mol. The van der Waals surface area contributed by atoms with Gasteiger partial charge in [-0.2, -0.15) is 0 Å². The van der Waals surface area contributed by atoms with Crippen LogP contribution < -0.4 is 10.6 Å². The first-order valence-electron chi connectivity index (χ1n) is 6.38. The molecule has 2 N–H and O–H groups in total. The first-order valence-corrected chi connectivity index (χ1v) is 6.38. The van der Waals surface area contributed by atoms with Crippen molar-refractivity contribution in [3.05, 3.63) is 59.2 Å². The zero-order valence-corrected chi connectivity index (χ0v) is 11.0. The summed E-state index contributed by atoms with van der Waals surface area (Å²) in [5, 5.41) is 6.21. The van der Waals surface area contributed by atoms with Crippen LogP contribution in [0.15, 0.2) is 42.5 Å². The van der Waals surface area contributed by atoms with E-state index in [9.17, 15) is 4.79 Å². The largest absolute Gasteiger partial charge is 0.370 e. The maximum atomic E-state index is 12.0. The number of anilines is 2. The molecule has 96 valence electrons. The molecule has 1 aliphatic rings. The van der Waals surface area contributed by atoms with Gasteiger partial charge < -0.3 is 10.6 Å². The van der Waals surface area contributed by atoms with Gasteiger partial charge in [0.25, 0.3) is 5.91 Å². The molecule has 0 saturated carbocycles. The Morgan fingerprint density at radius 3 is 2.47 bits per heavy atom. The van der Waals surface area contributed by atoms with Crippen molar-refractivity contribution in [3.8, 4) is 0 Å². The summed E-state index contributed by atoms with van der Waals surface area (Å²) in [5.74, 6) is 0.000333. The van der Waals surface area contributed by atoms with E-state index in [1.807, 2.05) is 24.3 Å². The maximum absolute atomic E-state index is 12.0. The molecule has 1 aliphatic heterocycles. The quantitative estimate of drug-likeness (QED) is 0.860. The van der Waals surface area contributed by atoms with Crippen LogP contribution in [0.2, 0.25) is 0 Å². The molecule has 19 heavy (non-hydrogen) atoms. The average Bonchev–Trinajstić information content (AvgIpc) is 2.65. The topological polar surface area (TPSA) is 41.1 Å². The number of benzene rings is 2. The SMILES string of the molecule is Cc1cc(C)cc(NC2C(=O)Nc3ccccc32)c1. The van der Waals surface area contributed by atoms with Gasteiger partial charge >= 0.3 is 0 Å². The van der Waals surface area contributed by atoms with Gasteiger partial charge in [0.1, 0.15) is 6.04 Å². The number of hydrogen-bond donors (Lipinski definition) is 2. The fourth-order valence-corrected chi connectivity index (χ4v) is 2.58. The van der Waals surface area contributed by atoms with E-state index in [1.54, 1.807) is 0 Å². The third-order valence-electron chi connectivity index (χ3n) is 3.32. The van der Waals surface area contributed by atoms with E-state index in [0.29, 0.717) is 0 Å². The molecule has 3 nitrogen and oxygen atoms in total. The number of rotatable bonds is 2. The Hall–Kier alpha value is -2.29. The minimum absolute atomic E-state index is 0.000333. The van der Waals surface area contributed by atoms with Crippen LogP contribution in [0.3, 0.4) is 0 Å². The van der Waals surface area contributed by atoms with E-state index in [-0.39, 0.29) is 11.9 Å². The van der Waals surface area contributed by atoms with Crippen LogP contribution >= 0.6 is 0 Å². The van der Waals surface area contributed by atoms with E-state index >= 15 is 0 Å². The summed E-state index contributed by atoms with van der Waals surface area (Å²) in [4.78, 5) is 12.0. The van der Waals surface area contributed by atoms with Gasteiger partial charge in [-0.3, -0.25) is 4.79 Å². The molecule has 0 saturated heterocycles. The van der Waals surface area contributed by atoms with Crippen LogP contribution in [0.4, 0.5) is 11.4 Å². The molecule has 0 aromatic heterocycles. The number of carbonyl (C=O) groups excluding carboxylic acids is 1. The fourth-order valence-electron chi connectivity index (χ4n) is 2.58. The number of carbonyl (C=O) groups is 1. The Kier molecular flexibility index (Phi) is 2.75. The number of para-hydroxylation sites is 1. The van der Waals surface area contributed by atoms with Crippen molar-refractivity contribution in [2.24, 2.45) is 0 Å². The van der Waals surface area contributed by atoms with Crippen molar-refractivity contribution in [1.82, 2.24) is 0 Å². The summed E-state index contributed by atoms with van der Waals surface area (Å²) in [6.07, 6.45) is 0. The molecule has 2 aromatic carbocycles. The van der Waals surface area contributed by atoms with E-state index in [2.05, 4.69) is 42.7 Å². The van der Waals surface area contributed by atoms with Crippen LogP contribution in [0.5, 0.6) is 0 Å². The molecule has 1 atom stereocenters. The summed E-state index contributed by atoms with van der Waals surface area (Å²) < 4.78 is 0. The normalized spacial score (nSPS) is 16.9. The molecular formula is C16H16N2O. The lowest BCUT2D eigenvalue weighted by Crippen LogP contribution is -2.19. The minimum Gasteiger partial charge on any atom is -0.370 e. The summed E-state index contributed by atoms with van der Waals surface area (Å²) in [6.45, 7) is 4.11. The second-order valence-corrected chi connectivity index (χ2v) is 5.03. The molecule has 0 aliphatic carbocycles. The van der Waals surface area contributed by atoms with Crippen molar-refractivity contribution in [2.75, 3.05) is 10.6 Å². The van der Waals surface area contributed by atoms with Gasteiger partial charge in [0, 0.05) is 16.9 Å². The molecule has 1 heterocycles. The Morgan fingerprint density at radius 1 is 1.05 bits per heavy atom. The van der Waals surface area contributed by atoms with Crippen molar-refractivity contribution in [1.29, 1.82) is 0 Å². The predicted octanol–water partition coefficient (Wildman–Crippen LogP) is 3.41. The molecule has 3 rings (SSSR count). The molecule has 0 radical (unpaired) electrons. The third-order valence-corrected chi connectivity index (χ3v) is 3.32. The van der Waals surface area contributed by atoms with Crippen molar-refractivity contribution >= 4 is 17.3 Å². The number of hydrogen-bond acceptors (Lipinski definition) is 2. The van der Waals surface area contributed by atoms with E-state index < -0.39 is 0 Å². The Balaban J connectivity index is 1.93. The second kappa shape index (κ2) is 4.43. The molecule has 3 heteroatoms. The first-order chi connectivity index (χ1) is 9.13. The Morgan fingerprint density at radius 2 is 1.74 bits per heavy atom. The highest BCUT2D eigenvalue weighted by Gasteiger charge is 2.29. The third kappa shape index (κ3) is 2.19. The van der Waals surface area contributed by atoms with Crippen LogP contribution in [0.1, 0.15) is 22.7 Å². The van der Waals surface area contributed by atoms with Crippen LogP contribution in [0.25, 0.3) is 0 Å². The Bertz CT molecular complexity index is 629. The summed E-state index contributed by atoms with van der Waals surface area (Å²) in [6, 6.07) is 13.7. The maximum Gasteiger partial charge on any atom is 0.251 e. The zero-order chi connectivity index (χ0) is 13.4. The highest BCUT2D eigenvalue weighted by Crippen LogP contribution is 2.33. The van der Waals surface area contributed by atoms with Crippen molar-refractivity contribution < 1.29 is 4.79 Å². The van der Waals surface area contributed by atoms with Gasteiger partial charge in [0.15, 0.2) is 0 Å². The van der Waals surface area contributed by atoms with Crippen molar-refractivity contribution in [2.45, 2.75) is 19.9 Å². The van der Waals surface area contributed by atoms with Crippen LogP contribution in [0, 0.1) is 13.8 Å². The Labute approximate surface area is 112 Å². The summed E-state index contributed by atoms with van der Waals surface area (Å²) in [5.41, 5.74) is 5.26. The first kappa shape index (κ1) is 11.8. The second-order valence-electron chi connectivity index (χ2n) is 5.03. The monoisotopic (exact) mass is 252 g/mol. The molecule has 0 fully saturated rings. The van der Waals surface area contributed by atoms with E-state index in [4.69, 9.17) is 0 Å². The number of aryl methyl sites for hydroxylation is 2. The molecule has 0 spiro atoms. The minimum atomic E-state index is -0.308. The number of nitrogens with one attached hydrogen (secondary N) is 2. The number of fused-ring (bicyclic) bond motifs is 1. The zero-order valence-electron chi connectivity index (χ0n) is 11.0.